The maximum Gasteiger partial charge on any atom is 0.364 e. The van der Waals surface area contributed by atoms with Crippen LogP contribution in [0.15, 0.2) is 16.9 Å². The van der Waals surface area contributed by atoms with E-state index in [0.29, 0.717) is 24.4 Å². The Kier molecular flexibility index (Phi) is 3.26. The van der Waals surface area contributed by atoms with E-state index in [1.807, 2.05) is 11.8 Å². The van der Waals surface area contributed by atoms with Crippen LogP contribution in [-0.4, -0.2) is 38.7 Å². The Hall–Kier alpha value is -2.38. The van der Waals surface area contributed by atoms with E-state index in [9.17, 15) is 4.79 Å². The maximum absolute atomic E-state index is 11.4. The number of hydrogen-bond donors (Lipinski definition) is 3. The molecule has 2 aromatic rings. The lowest BCUT2D eigenvalue weighted by atomic mass is 10.3. The third kappa shape index (κ3) is 2.31. The number of nitrogens with two attached hydrogens (primary N) is 1. The number of H-pyrrole nitrogens is 1. The van der Waals surface area contributed by atoms with E-state index in [2.05, 4.69) is 15.3 Å². The molecule has 8 nitrogen and oxygen atoms in total. The molecule has 96 valence electrons. The second-order valence-corrected chi connectivity index (χ2v) is 3.85. The van der Waals surface area contributed by atoms with Crippen molar-refractivity contribution in [3.63, 3.8) is 0 Å². The largest absolute Gasteiger partial charge is 0.388 e. The Labute approximate surface area is 103 Å². The fraction of sp³-hybridized carbons (Fsp3) is 0.400. The molecule has 0 bridgehead atoms. The zero-order valence-electron chi connectivity index (χ0n) is 10.1. The molecule has 2 aromatic heterocycles. The van der Waals surface area contributed by atoms with Gasteiger partial charge in [-0.05, 0) is 19.1 Å². The van der Waals surface area contributed by atoms with E-state index in [1.165, 1.54) is 4.52 Å². The van der Waals surface area contributed by atoms with Crippen LogP contribution in [0, 0.1) is 5.41 Å². The standard InChI is InChI=1S/C10H15N7O/c1-2-16(6-5-7(11)12)9-4-3-8-13-14-10(18)17(8)15-9/h3-4H,2,5-6H2,1H3,(H3,11,12)(H,14,18). The summed E-state index contributed by atoms with van der Waals surface area (Å²) in [6.07, 6.45) is 0.466. The average molecular weight is 249 g/mol. The Morgan fingerprint density at radius 2 is 2.39 bits per heavy atom. The fourth-order valence-electron chi connectivity index (χ4n) is 1.65. The first-order chi connectivity index (χ1) is 8.61. The highest BCUT2D eigenvalue weighted by Gasteiger charge is 2.09. The van der Waals surface area contributed by atoms with Crippen LogP contribution in [-0.2, 0) is 0 Å². The van der Waals surface area contributed by atoms with Gasteiger partial charge >= 0.3 is 5.69 Å². The summed E-state index contributed by atoms with van der Waals surface area (Å²) < 4.78 is 1.21. The monoisotopic (exact) mass is 249 g/mol. The zero-order valence-corrected chi connectivity index (χ0v) is 10.1. The van der Waals surface area contributed by atoms with Crippen molar-refractivity contribution < 1.29 is 0 Å². The molecule has 4 N–H and O–H groups in total. The van der Waals surface area contributed by atoms with Crippen LogP contribution in [0.1, 0.15) is 13.3 Å². The maximum atomic E-state index is 11.4. The van der Waals surface area contributed by atoms with Gasteiger partial charge in [-0.1, -0.05) is 0 Å². The average Bonchev–Trinajstić information content (AvgIpc) is 2.72. The van der Waals surface area contributed by atoms with Gasteiger partial charge in [0, 0.05) is 19.5 Å². The third-order valence-electron chi connectivity index (χ3n) is 2.62. The number of rotatable bonds is 5. The van der Waals surface area contributed by atoms with Gasteiger partial charge in [0.1, 0.15) is 5.82 Å². The van der Waals surface area contributed by atoms with E-state index >= 15 is 0 Å². The molecule has 0 saturated heterocycles. The third-order valence-corrected chi connectivity index (χ3v) is 2.62. The molecular formula is C10H15N7O. The minimum absolute atomic E-state index is 0.134. The highest BCUT2D eigenvalue weighted by molar-refractivity contribution is 5.77. The molecule has 0 aliphatic carbocycles. The topological polar surface area (TPSA) is 116 Å². The van der Waals surface area contributed by atoms with Gasteiger partial charge < -0.3 is 10.6 Å². The Bertz CT molecular complexity index is 614. The second-order valence-electron chi connectivity index (χ2n) is 3.85. The summed E-state index contributed by atoms with van der Waals surface area (Å²) >= 11 is 0. The van der Waals surface area contributed by atoms with Gasteiger partial charge in [0.15, 0.2) is 5.65 Å². The molecule has 2 rings (SSSR count). The Morgan fingerprint density at radius 1 is 1.61 bits per heavy atom. The molecular weight excluding hydrogens is 234 g/mol. The van der Waals surface area contributed by atoms with Crippen molar-refractivity contribution in [1.82, 2.24) is 19.8 Å². The van der Waals surface area contributed by atoms with Crippen molar-refractivity contribution in [2.24, 2.45) is 5.73 Å². The van der Waals surface area contributed by atoms with Crippen molar-refractivity contribution in [1.29, 1.82) is 5.41 Å². The highest BCUT2D eigenvalue weighted by atomic mass is 16.2. The van der Waals surface area contributed by atoms with Crippen molar-refractivity contribution in [2.75, 3.05) is 18.0 Å². The summed E-state index contributed by atoms with van der Waals surface area (Å²) in [5.74, 6) is 0.796. The lowest BCUT2D eigenvalue weighted by Gasteiger charge is -2.21. The minimum atomic E-state index is -0.366. The fourth-order valence-corrected chi connectivity index (χ4v) is 1.65. The van der Waals surface area contributed by atoms with E-state index in [0.717, 1.165) is 6.54 Å². The summed E-state index contributed by atoms with van der Waals surface area (Å²) in [7, 11) is 0. The van der Waals surface area contributed by atoms with E-state index < -0.39 is 0 Å². The number of aromatic amines is 1. The quantitative estimate of drug-likeness (QED) is 0.491. The number of fused-ring (bicyclic) bond motifs is 1. The summed E-state index contributed by atoms with van der Waals surface area (Å²) in [6, 6.07) is 3.51. The molecule has 2 heterocycles. The molecule has 0 saturated carbocycles. The summed E-state index contributed by atoms with van der Waals surface area (Å²) in [6.45, 7) is 3.29. The van der Waals surface area contributed by atoms with Crippen LogP contribution in [0.2, 0.25) is 0 Å². The Balaban J connectivity index is 2.29. The SMILES string of the molecule is CCN(CCC(=N)N)c1ccc2n[nH]c(=O)n2n1. The van der Waals surface area contributed by atoms with E-state index in [4.69, 9.17) is 11.1 Å². The van der Waals surface area contributed by atoms with Gasteiger partial charge in [0.25, 0.3) is 0 Å². The predicted molar refractivity (Wildman–Crippen MR) is 68.0 cm³/mol. The number of aromatic nitrogens is 4. The van der Waals surface area contributed by atoms with Crippen molar-refractivity contribution in [3.8, 4) is 0 Å². The van der Waals surface area contributed by atoms with Gasteiger partial charge in [-0.2, -0.15) is 9.61 Å². The summed E-state index contributed by atoms with van der Waals surface area (Å²) in [4.78, 5) is 13.4. The smallest absolute Gasteiger partial charge is 0.364 e. The molecule has 0 unspecified atom stereocenters. The number of anilines is 1. The number of hydrogen-bond acceptors (Lipinski definition) is 5. The summed E-state index contributed by atoms with van der Waals surface area (Å²) in [5, 5.41) is 17.6. The number of amidine groups is 1. The molecule has 0 aliphatic rings. The van der Waals surface area contributed by atoms with Gasteiger partial charge in [0.05, 0.1) is 5.84 Å². The lowest BCUT2D eigenvalue weighted by Crippen LogP contribution is -2.29. The first-order valence-corrected chi connectivity index (χ1v) is 5.64. The summed E-state index contributed by atoms with van der Waals surface area (Å²) in [5.41, 5.74) is 5.45. The van der Waals surface area contributed by atoms with Crippen LogP contribution in [0.25, 0.3) is 5.65 Å². The predicted octanol–water partition coefficient (Wildman–Crippen LogP) is -0.430. The van der Waals surface area contributed by atoms with Crippen LogP contribution in [0.5, 0.6) is 0 Å². The van der Waals surface area contributed by atoms with Crippen molar-refractivity contribution >= 4 is 17.3 Å². The molecule has 0 fully saturated rings. The van der Waals surface area contributed by atoms with Gasteiger partial charge in [0.2, 0.25) is 0 Å². The highest BCUT2D eigenvalue weighted by Crippen LogP contribution is 2.10. The lowest BCUT2D eigenvalue weighted by molar-refractivity contribution is 0.777. The second kappa shape index (κ2) is 4.86. The first-order valence-electron chi connectivity index (χ1n) is 5.64. The minimum Gasteiger partial charge on any atom is -0.388 e. The molecule has 0 aromatic carbocycles. The van der Waals surface area contributed by atoms with Gasteiger partial charge in [-0.25, -0.2) is 9.89 Å². The number of nitrogens with one attached hydrogen (secondary N) is 2. The Morgan fingerprint density at radius 3 is 3.06 bits per heavy atom. The van der Waals surface area contributed by atoms with Crippen LogP contribution in [0.4, 0.5) is 5.82 Å². The van der Waals surface area contributed by atoms with Gasteiger partial charge in [-0.3, -0.25) is 5.41 Å². The van der Waals surface area contributed by atoms with Crippen LogP contribution >= 0.6 is 0 Å². The van der Waals surface area contributed by atoms with Crippen molar-refractivity contribution in [2.45, 2.75) is 13.3 Å². The van der Waals surface area contributed by atoms with Crippen LogP contribution in [0.3, 0.4) is 0 Å². The molecule has 0 aliphatic heterocycles. The molecule has 0 radical (unpaired) electrons. The van der Waals surface area contributed by atoms with Crippen LogP contribution < -0.4 is 16.3 Å². The molecule has 18 heavy (non-hydrogen) atoms. The molecule has 0 spiro atoms. The van der Waals surface area contributed by atoms with E-state index in [-0.39, 0.29) is 11.5 Å². The molecule has 0 atom stereocenters. The molecule has 8 heteroatoms. The molecule has 0 amide bonds. The normalized spacial score (nSPS) is 10.7. The zero-order chi connectivity index (χ0) is 13.1. The number of nitrogens with zero attached hydrogens (tertiary/aromatic N) is 4. The first kappa shape index (κ1) is 12.1. The van der Waals surface area contributed by atoms with Gasteiger partial charge in [-0.15, -0.1) is 5.10 Å². The van der Waals surface area contributed by atoms with E-state index in [1.54, 1.807) is 12.1 Å². The van der Waals surface area contributed by atoms with Crippen molar-refractivity contribution in [3.05, 3.63) is 22.6 Å².